The number of fused-ring (bicyclic) bond motifs is 1. The average molecular weight is 598 g/mol. The van der Waals surface area contributed by atoms with E-state index in [0.29, 0.717) is 47.1 Å². The lowest BCUT2D eigenvalue weighted by molar-refractivity contribution is -0.126. The van der Waals surface area contributed by atoms with Gasteiger partial charge in [-0.1, -0.05) is 6.58 Å². The summed E-state index contributed by atoms with van der Waals surface area (Å²) in [6.07, 6.45) is 8.51. The van der Waals surface area contributed by atoms with E-state index in [2.05, 4.69) is 37.1 Å². The Bertz CT molecular complexity index is 1650. The summed E-state index contributed by atoms with van der Waals surface area (Å²) in [5, 5.41) is 7.39. The van der Waals surface area contributed by atoms with Crippen LogP contribution in [-0.4, -0.2) is 70.0 Å². The number of nitrogens with zero attached hydrogens (tertiary/aromatic N) is 5. The number of hydrogen-bond donors (Lipinski definition) is 2. The van der Waals surface area contributed by atoms with E-state index in [1.54, 1.807) is 36.4 Å². The zero-order valence-electron chi connectivity index (χ0n) is 24.8. The molecule has 11 heteroatoms. The van der Waals surface area contributed by atoms with Crippen LogP contribution in [-0.2, 0) is 11.3 Å². The molecule has 0 saturated carbocycles. The van der Waals surface area contributed by atoms with E-state index in [-0.39, 0.29) is 17.6 Å². The molecule has 2 saturated heterocycles. The van der Waals surface area contributed by atoms with Gasteiger partial charge in [-0.05, 0) is 69.1 Å². The maximum Gasteiger partial charge on any atom is 0.245 e. The number of benzene rings is 2. The Balaban J connectivity index is 1.17. The number of amides is 1. The Morgan fingerprint density at radius 1 is 1.02 bits per heavy atom. The van der Waals surface area contributed by atoms with E-state index >= 15 is 4.39 Å². The van der Waals surface area contributed by atoms with Gasteiger partial charge in [-0.3, -0.25) is 14.7 Å². The summed E-state index contributed by atoms with van der Waals surface area (Å²) < 4.78 is 27.0. The highest BCUT2D eigenvalue weighted by atomic mass is 19.1. The van der Waals surface area contributed by atoms with Crippen molar-refractivity contribution in [2.45, 2.75) is 38.3 Å². The van der Waals surface area contributed by atoms with E-state index in [0.717, 1.165) is 43.9 Å². The van der Waals surface area contributed by atoms with Crippen LogP contribution in [0.4, 0.5) is 21.6 Å². The minimum absolute atomic E-state index is 0.0501. The first kappa shape index (κ1) is 29.3. The molecule has 2 N–H and O–H groups in total. The van der Waals surface area contributed by atoms with Crippen LogP contribution in [0.25, 0.3) is 10.9 Å². The molecule has 44 heavy (non-hydrogen) atoms. The molecule has 4 aromatic rings. The minimum Gasteiger partial charge on any atom is -0.495 e. The molecule has 2 aromatic carbocycles. The number of hydrogen-bond acceptors (Lipinski definition) is 9. The second kappa shape index (κ2) is 13.3. The third kappa shape index (κ3) is 6.73. The molecule has 0 bridgehead atoms. The van der Waals surface area contributed by atoms with Gasteiger partial charge in [0.25, 0.3) is 0 Å². The van der Waals surface area contributed by atoms with Gasteiger partial charge in [0.15, 0.2) is 0 Å². The van der Waals surface area contributed by atoms with Crippen molar-refractivity contribution in [3.8, 4) is 17.2 Å². The number of nitrogens with one attached hydrogen (secondary N) is 2. The van der Waals surface area contributed by atoms with Crippen molar-refractivity contribution < 1.29 is 18.7 Å². The summed E-state index contributed by atoms with van der Waals surface area (Å²) in [6.45, 7) is 7.82. The number of likely N-dealkylation sites (tertiary alicyclic amines) is 2. The molecule has 228 valence electrons. The normalized spacial score (nSPS) is 15.7. The molecular formula is C33H36FN7O3. The number of anilines is 3. The highest BCUT2D eigenvalue weighted by molar-refractivity contribution is 5.95. The second-order valence-electron chi connectivity index (χ2n) is 11.1. The summed E-state index contributed by atoms with van der Waals surface area (Å²) in [5.74, 6) is 1.57. The van der Waals surface area contributed by atoms with Crippen molar-refractivity contribution in [3.63, 3.8) is 0 Å². The maximum atomic E-state index is 15.3. The third-order valence-electron chi connectivity index (χ3n) is 8.10. The summed E-state index contributed by atoms with van der Waals surface area (Å²) in [4.78, 5) is 29.4. The number of halogens is 1. The van der Waals surface area contributed by atoms with E-state index in [4.69, 9.17) is 9.47 Å². The van der Waals surface area contributed by atoms with Crippen LogP contribution in [0.1, 0.15) is 31.4 Å². The van der Waals surface area contributed by atoms with Gasteiger partial charge in [0.2, 0.25) is 5.91 Å². The van der Waals surface area contributed by atoms with Gasteiger partial charge < -0.3 is 25.0 Å². The molecule has 0 atom stereocenters. The molecule has 0 spiro atoms. The zero-order chi connectivity index (χ0) is 30.5. The molecule has 2 aliphatic rings. The number of aromatic nitrogens is 3. The van der Waals surface area contributed by atoms with Crippen molar-refractivity contribution in [2.24, 2.45) is 0 Å². The van der Waals surface area contributed by atoms with Gasteiger partial charge in [-0.2, -0.15) is 0 Å². The quantitative estimate of drug-likeness (QED) is 0.217. The van der Waals surface area contributed by atoms with Crippen molar-refractivity contribution in [1.29, 1.82) is 0 Å². The fourth-order valence-corrected chi connectivity index (χ4v) is 5.76. The SMILES string of the molecule is C=CC(=O)N1CCC(Nc2cc3c(Nc4ccc(Oc5ccnc(CN6CCCC6)c5)cc4F)ncnc3cc2OC)CC1. The fraction of sp³-hybridized carbons (Fsp3) is 0.333. The lowest BCUT2D eigenvalue weighted by Crippen LogP contribution is -2.41. The molecule has 0 unspecified atom stereocenters. The number of methoxy groups -OCH3 is 1. The monoisotopic (exact) mass is 597 g/mol. The van der Waals surface area contributed by atoms with Crippen molar-refractivity contribution in [3.05, 3.63) is 79.2 Å². The first-order valence-electron chi connectivity index (χ1n) is 14.9. The molecule has 6 rings (SSSR count). The maximum absolute atomic E-state index is 15.3. The van der Waals surface area contributed by atoms with E-state index < -0.39 is 5.82 Å². The van der Waals surface area contributed by atoms with Crippen LogP contribution < -0.4 is 20.1 Å². The molecule has 2 fully saturated rings. The molecule has 10 nitrogen and oxygen atoms in total. The van der Waals surface area contributed by atoms with Crippen LogP contribution in [0.2, 0.25) is 0 Å². The van der Waals surface area contributed by atoms with Crippen molar-refractivity contribution >= 4 is 34.0 Å². The lowest BCUT2D eigenvalue weighted by atomic mass is 10.0. The Hall–Kier alpha value is -4.77. The number of rotatable bonds is 10. The summed E-state index contributed by atoms with van der Waals surface area (Å²) in [6, 6.07) is 12.3. The van der Waals surface area contributed by atoms with Crippen LogP contribution >= 0.6 is 0 Å². The number of pyridine rings is 1. The van der Waals surface area contributed by atoms with Gasteiger partial charge in [0, 0.05) is 55.5 Å². The lowest BCUT2D eigenvalue weighted by Gasteiger charge is -2.32. The number of carbonyl (C=O) groups excluding carboxylic acids is 1. The zero-order valence-corrected chi connectivity index (χ0v) is 24.8. The number of ether oxygens (including phenoxy) is 2. The fourth-order valence-electron chi connectivity index (χ4n) is 5.76. The average Bonchev–Trinajstić information content (AvgIpc) is 3.55. The first-order chi connectivity index (χ1) is 21.5. The highest BCUT2D eigenvalue weighted by Crippen LogP contribution is 2.35. The minimum atomic E-state index is -0.478. The Morgan fingerprint density at radius 2 is 1.82 bits per heavy atom. The van der Waals surface area contributed by atoms with Gasteiger partial charge in [-0.15, -0.1) is 0 Å². The van der Waals surface area contributed by atoms with Crippen LogP contribution in [0.15, 0.2) is 67.6 Å². The topological polar surface area (TPSA) is 105 Å². The number of piperidine rings is 1. The van der Waals surface area contributed by atoms with E-state index in [1.807, 2.05) is 18.2 Å². The number of carbonyl (C=O) groups is 1. The predicted molar refractivity (Wildman–Crippen MR) is 168 cm³/mol. The molecule has 4 heterocycles. The van der Waals surface area contributed by atoms with Crippen molar-refractivity contribution in [1.82, 2.24) is 24.8 Å². The molecule has 1 amide bonds. The highest BCUT2D eigenvalue weighted by Gasteiger charge is 2.23. The smallest absolute Gasteiger partial charge is 0.245 e. The molecule has 0 radical (unpaired) electrons. The Kier molecular flexibility index (Phi) is 8.83. The summed E-state index contributed by atoms with van der Waals surface area (Å²) >= 11 is 0. The summed E-state index contributed by atoms with van der Waals surface area (Å²) in [5.41, 5.74) is 2.61. The Morgan fingerprint density at radius 3 is 2.57 bits per heavy atom. The second-order valence-corrected chi connectivity index (χ2v) is 11.1. The van der Waals surface area contributed by atoms with Gasteiger partial charge in [-0.25, -0.2) is 14.4 Å². The first-order valence-corrected chi connectivity index (χ1v) is 14.9. The van der Waals surface area contributed by atoms with Gasteiger partial charge in [0.05, 0.1) is 29.7 Å². The molecule has 2 aliphatic heterocycles. The van der Waals surface area contributed by atoms with Crippen LogP contribution in [0, 0.1) is 5.82 Å². The van der Waals surface area contributed by atoms with Crippen LogP contribution in [0.3, 0.4) is 0 Å². The third-order valence-corrected chi connectivity index (χ3v) is 8.10. The molecule has 2 aromatic heterocycles. The Labute approximate surface area is 255 Å². The van der Waals surface area contributed by atoms with Crippen molar-refractivity contribution in [2.75, 3.05) is 43.9 Å². The largest absolute Gasteiger partial charge is 0.495 e. The van der Waals surface area contributed by atoms with E-state index in [1.165, 1.54) is 31.3 Å². The predicted octanol–water partition coefficient (Wildman–Crippen LogP) is 5.89. The van der Waals surface area contributed by atoms with Crippen LogP contribution in [0.5, 0.6) is 17.2 Å². The summed E-state index contributed by atoms with van der Waals surface area (Å²) in [7, 11) is 1.61. The van der Waals surface area contributed by atoms with Gasteiger partial charge >= 0.3 is 0 Å². The standard InChI is InChI=1S/C33H36FN7O3/c1-3-32(42)41-14-9-22(10-15-41)38-30-18-26-29(19-31(30)43-2)36-21-37-33(26)39-28-7-6-24(17-27(28)34)44-25-8-11-35-23(16-25)20-40-12-4-5-13-40/h3,6-8,11,16-19,21-22,38H,1,4-5,9-10,12-15,20H2,2H3,(H,36,37,39). The molecular weight excluding hydrogens is 561 g/mol. The van der Waals surface area contributed by atoms with Gasteiger partial charge in [0.1, 0.15) is 35.2 Å². The van der Waals surface area contributed by atoms with E-state index in [9.17, 15) is 4.79 Å². The molecule has 0 aliphatic carbocycles.